The lowest BCUT2D eigenvalue weighted by Gasteiger charge is -2.45. The van der Waals surface area contributed by atoms with Gasteiger partial charge in [0.2, 0.25) is 0 Å². The van der Waals surface area contributed by atoms with Gasteiger partial charge in [-0.05, 0) is 79.8 Å². The first-order chi connectivity index (χ1) is 15.9. The molecular weight excluding hydrogens is 440 g/mol. The molecule has 4 heterocycles. The molecule has 3 saturated heterocycles. The zero-order valence-electron chi connectivity index (χ0n) is 18.4. The lowest BCUT2D eigenvalue weighted by molar-refractivity contribution is 0.0510. The summed E-state index contributed by atoms with van der Waals surface area (Å²) in [5.41, 5.74) is 1.61. The number of sulfonamides is 1. The highest BCUT2D eigenvalue weighted by Gasteiger charge is 2.45. The zero-order valence-corrected chi connectivity index (χ0v) is 19.2. The van der Waals surface area contributed by atoms with Crippen molar-refractivity contribution in [3.63, 3.8) is 0 Å². The van der Waals surface area contributed by atoms with E-state index < -0.39 is 16.0 Å². The maximum absolute atomic E-state index is 13.5. The van der Waals surface area contributed by atoms with Crippen molar-refractivity contribution >= 4 is 21.7 Å². The van der Waals surface area contributed by atoms with Crippen LogP contribution in [0.1, 0.15) is 46.7 Å². The molecule has 4 aliphatic heterocycles. The van der Waals surface area contributed by atoms with E-state index in [1.165, 1.54) is 12.8 Å². The number of nitrogens with zero attached hydrogens (tertiary/aromatic N) is 1. The normalized spacial score (nSPS) is 29.5. The molecule has 1 saturated carbocycles. The molecule has 3 atom stereocenters. The number of fused-ring (bicyclic) bond motifs is 6. The monoisotopic (exact) mass is 468 g/mol. The summed E-state index contributed by atoms with van der Waals surface area (Å²) in [7, 11) is -3.98. The number of piperidine rings is 3. The molecule has 8 heteroatoms. The molecule has 5 aliphatic rings. The third-order valence-corrected chi connectivity index (χ3v) is 9.41. The zero-order chi connectivity index (χ0) is 22.7. The number of nitrogens with one attached hydrogen (secondary N) is 1. The molecule has 4 fully saturated rings. The third kappa shape index (κ3) is 3.69. The molecule has 0 radical (unpaired) electrons. The highest BCUT2D eigenvalue weighted by atomic mass is 32.2. The van der Waals surface area contributed by atoms with E-state index in [4.69, 9.17) is 4.74 Å². The minimum atomic E-state index is -3.98. The van der Waals surface area contributed by atoms with Crippen molar-refractivity contribution in [3.05, 3.63) is 53.1 Å². The van der Waals surface area contributed by atoms with E-state index in [-0.39, 0.29) is 16.1 Å². The molecule has 7 rings (SSSR count). The number of aromatic carboxylic acids is 1. The molecule has 0 unspecified atom stereocenters. The molecule has 0 aromatic heterocycles. The number of carboxylic acids is 1. The van der Waals surface area contributed by atoms with Crippen molar-refractivity contribution in [2.45, 2.75) is 36.5 Å². The van der Waals surface area contributed by atoms with Gasteiger partial charge in [-0.25, -0.2) is 13.2 Å². The third-order valence-electron chi connectivity index (χ3n) is 7.95. The van der Waals surface area contributed by atoms with Crippen LogP contribution < -0.4 is 9.46 Å². The van der Waals surface area contributed by atoms with Crippen LogP contribution in [0.15, 0.2) is 41.3 Å². The SMILES string of the molecule is O=C(O)c1c(NS(=O)(=O)c2ccccc2C[C@H]2CN3CCC2CC3)ccc2c1OC[C@H]1C[C@@H]21. The van der Waals surface area contributed by atoms with E-state index in [2.05, 4.69) is 9.62 Å². The van der Waals surface area contributed by atoms with Gasteiger partial charge in [-0.3, -0.25) is 4.72 Å². The van der Waals surface area contributed by atoms with Crippen LogP contribution in [0, 0.1) is 17.8 Å². The largest absolute Gasteiger partial charge is 0.492 e. The molecule has 2 N–H and O–H groups in total. The maximum atomic E-state index is 13.5. The van der Waals surface area contributed by atoms with Crippen LogP contribution in [0.2, 0.25) is 0 Å². The van der Waals surface area contributed by atoms with E-state index >= 15 is 0 Å². The number of ether oxygens (including phenoxy) is 1. The Labute approximate surface area is 193 Å². The number of anilines is 1. The van der Waals surface area contributed by atoms with Gasteiger partial charge in [0.25, 0.3) is 10.0 Å². The highest BCUT2D eigenvalue weighted by molar-refractivity contribution is 7.92. The Balaban J connectivity index is 1.32. The van der Waals surface area contributed by atoms with Gasteiger partial charge < -0.3 is 14.7 Å². The number of hydrogen-bond donors (Lipinski definition) is 2. The number of carbonyl (C=O) groups is 1. The number of rotatable bonds is 6. The van der Waals surface area contributed by atoms with Crippen LogP contribution in [-0.2, 0) is 16.4 Å². The lowest BCUT2D eigenvalue weighted by Crippen LogP contribution is -2.48. The maximum Gasteiger partial charge on any atom is 0.341 e. The lowest BCUT2D eigenvalue weighted by atomic mass is 9.76. The van der Waals surface area contributed by atoms with Crippen LogP contribution in [0.5, 0.6) is 5.75 Å². The standard InChI is InChI=1S/C25H28N2O5S/c28-25(29)23-21(6-5-19-20-12-18(20)14-32-24(19)23)26-33(30,31)22-4-2-1-3-16(22)11-17-13-27-9-7-15(17)8-10-27/h1-6,15,17-18,20,26H,7-14H2,(H,28,29)/t17-,18+,20+/m0/s1. The fourth-order valence-corrected chi connectivity index (χ4v) is 7.41. The molecule has 2 aromatic carbocycles. The van der Waals surface area contributed by atoms with E-state index in [1.807, 2.05) is 18.2 Å². The fraction of sp³-hybridized carbons (Fsp3) is 0.480. The highest BCUT2D eigenvalue weighted by Crippen LogP contribution is 2.55. The minimum absolute atomic E-state index is 0.0537. The Bertz CT molecular complexity index is 1220. The van der Waals surface area contributed by atoms with Crippen molar-refractivity contribution in [1.82, 2.24) is 4.90 Å². The average Bonchev–Trinajstić information content (AvgIpc) is 3.60. The summed E-state index contributed by atoms with van der Waals surface area (Å²) in [6.07, 6.45) is 4.05. The smallest absolute Gasteiger partial charge is 0.341 e. The quantitative estimate of drug-likeness (QED) is 0.673. The average molecular weight is 469 g/mol. The molecule has 174 valence electrons. The van der Waals surface area contributed by atoms with Gasteiger partial charge in [-0.2, -0.15) is 0 Å². The Morgan fingerprint density at radius 2 is 1.91 bits per heavy atom. The van der Waals surface area contributed by atoms with Gasteiger partial charge in [-0.15, -0.1) is 0 Å². The molecule has 7 nitrogen and oxygen atoms in total. The van der Waals surface area contributed by atoms with Crippen molar-refractivity contribution in [1.29, 1.82) is 0 Å². The molecule has 1 aliphatic carbocycles. The van der Waals surface area contributed by atoms with E-state index in [0.717, 1.165) is 37.2 Å². The molecular formula is C25H28N2O5S. The molecule has 2 aromatic rings. The van der Waals surface area contributed by atoms with E-state index in [9.17, 15) is 18.3 Å². The van der Waals surface area contributed by atoms with E-state index in [1.54, 1.807) is 18.2 Å². The summed E-state index contributed by atoms with van der Waals surface area (Å²) >= 11 is 0. The second-order valence-electron chi connectivity index (χ2n) is 9.94. The predicted molar refractivity (Wildman–Crippen MR) is 123 cm³/mol. The minimum Gasteiger partial charge on any atom is -0.492 e. The van der Waals surface area contributed by atoms with Gasteiger partial charge >= 0.3 is 5.97 Å². The van der Waals surface area contributed by atoms with Crippen molar-refractivity contribution in [3.8, 4) is 5.75 Å². The predicted octanol–water partition coefficient (Wildman–Crippen LogP) is 3.57. The van der Waals surface area contributed by atoms with Gasteiger partial charge in [0.15, 0.2) is 0 Å². The van der Waals surface area contributed by atoms with Crippen molar-refractivity contribution in [2.24, 2.45) is 17.8 Å². The first-order valence-corrected chi connectivity index (χ1v) is 13.2. The number of benzene rings is 2. The van der Waals surface area contributed by atoms with Crippen molar-refractivity contribution < 1.29 is 23.1 Å². The fourth-order valence-electron chi connectivity index (χ4n) is 6.08. The van der Waals surface area contributed by atoms with Crippen LogP contribution in [0.4, 0.5) is 5.69 Å². The summed E-state index contributed by atoms with van der Waals surface area (Å²) in [5, 5.41) is 9.90. The Hall–Kier alpha value is -2.58. The van der Waals surface area contributed by atoms with Crippen LogP contribution in [0.25, 0.3) is 0 Å². The summed E-state index contributed by atoms with van der Waals surface area (Å²) in [4.78, 5) is 14.8. The van der Waals surface area contributed by atoms with Gasteiger partial charge in [0, 0.05) is 12.5 Å². The van der Waals surface area contributed by atoms with Crippen LogP contribution in [-0.4, -0.2) is 50.6 Å². The van der Waals surface area contributed by atoms with Crippen LogP contribution in [0.3, 0.4) is 0 Å². The Kier molecular flexibility index (Phi) is 4.92. The van der Waals surface area contributed by atoms with Gasteiger partial charge in [0.1, 0.15) is 11.3 Å². The van der Waals surface area contributed by atoms with Gasteiger partial charge in [0.05, 0.1) is 17.2 Å². The molecule has 0 amide bonds. The summed E-state index contributed by atoms with van der Waals surface area (Å²) in [6.45, 7) is 3.78. The first kappa shape index (κ1) is 21.0. The molecule has 0 spiro atoms. The van der Waals surface area contributed by atoms with E-state index in [0.29, 0.717) is 42.4 Å². The Morgan fingerprint density at radius 1 is 1.12 bits per heavy atom. The summed E-state index contributed by atoms with van der Waals surface area (Å²) in [6, 6.07) is 10.5. The number of hydrogen-bond acceptors (Lipinski definition) is 5. The molecule has 33 heavy (non-hydrogen) atoms. The molecule has 2 bridgehead atoms. The van der Waals surface area contributed by atoms with Crippen LogP contribution >= 0.6 is 0 Å². The first-order valence-electron chi connectivity index (χ1n) is 11.8. The second kappa shape index (κ2) is 7.74. The summed E-state index contributed by atoms with van der Waals surface area (Å²) in [5.74, 6) is 0.967. The summed E-state index contributed by atoms with van der Waals surface area (Å²) < 4.78 is 35.3. The Morgan fingerprint density at radius 3 is 2.64 bits per heavy atom. The van der Waals surface area contributed by atoms with Gasteiger partial charge in [-0.1, -0.05) is 24.3 Å². The number of carboxylic acid groups (broad SMARTS) is 1. The van der Waals surface area contributed by atoms with Crippen molar-refractivity contribution in [2.75, 3.05) is 31.0 Å². The topological polar surface area (TPSA) is 95.9 Å². The second-order valence-corrected chi connectivity index (χ2v) is 11.6.